The van der Waals surface area contributed by atoms with E-state index in [1.165, 1.54) is 16.3 Å². The molecule has 2 nitrogen and oxygen atoms in total. The Morgan fingerprint density at radius 1 is 0.733 bits per heavy atom. The number of pyridine rings is 2. The largest absolute Gasteiger partial charge is 0.306 e. The van der Waals surface area contributed by atoms with Gasteiger partial charge in [0, 0.05) is 0 Å². The summed E-state index contributed by atoms with van der Waals surface area (Å²) in [4.78, 5) is 4.23. The zero-order valence-corrected chi connectivity index (χ0v) is 8.01. The van der Waals surface area contributed by atoms with Crippen molar-refractivity contribution in [1.29, 1.82) is 0 Å². The summed E-state index contributed by atoms with van der Waals surface area (Å²) in [7, 11) is 0. The van der Waals surface area contributed by atoms with E-state index in [9.17, 15) is 0 Å². The van der Waals surface area contributed by atoms with E-state index >= 15 is 0 Å². The fourth-order valence-corrected chi connectivity index (χ4v) is 2.33. The molecule has 0 aliphatic carbocycles. The Kier molecular flexibility index (Phi) is 1.10. The molecule has 0 saturated heterocycles. The summed E-state index contributed by atoms with van der Waals surface area (Å²) < 4.78 is 2.26. The Labute approximate surface area is 86.1 Å². The van der Waals surface area contributed by atoms with Crippen molar-refractivity contribution in [3.8, 4) is 0 Å². The molecule has 0 bridgehead atoms. The lowest BCUT2D eigenvalue weighted by molar-refractivity contribution is 1.22. The molecule has 0 saturated carbocycles. The highest BCUT2D eigenvalue weighted by Gasteiger charge is 2.06. The smallest absolute Gasteiger partial charge is 0.0645 e. The highest BCUT2D eigenvalue weighted by Crippen LogP contribution is 2.26. The molecule has 0 amide bonds. The average Bonchev–Trinajstić information content (AvgIpc) is 2.71. The molecule has 1 aromatic carbocycles. The van der Waals surface area contributed by atoms with Gasteiger partial charge >= 0.3 is 0 Å². The molecule has 3 heterocycles. The maximum atomic E-state index is 4.23. The summed E-state index contributed by atoms with van der Waals surface area (Å²) in [5.74, 6) is 0. The van der Waals surface area contributed by atoms with Crippen LogP contribution in [0.15, 0.2) is 48.8 Å². The van der Waals surface area contributed by atoms with E-state index in [1.54, 1.807) is 0 Å². The number of nitrogens with zero attached hydrogens (tertiary/aromatic N) is 2. The van der Waals surface area contributed by atoms with Crippen molar-refractivity contribution in [1.82, 2.24) is 9.38 Å². The van der Waals surface area contributed by atoms with E-state index in [2.05, 4.69) is 45.8 Å². The molecule has 0 unspecified atom stereocenters. The van der Waals surface area contributed by atoms with E-state index in [0.717, 1.165) is 11.0 Å². The molecule has 0 aliphatic heterocycles. The maximum absolute atomic E-state index is 4.23. The van der Waals surface area contributed by atoms with Crippen LogP contribution in [0.1, 0.15) is 0 Å². The van der Waals surface area contributed by atoms with Crippen LogP contribution in [0.5, 0.6) is 0 Å². The Bertz CT molecular complexity index is 707. The summed E-state index contributed by atoms with van der Waals surface area (Å²) in [6.45, 7) is 0. The van der Waals surface area contributed by atoms with Crippen LogP contribution >= 0.6 is 0 Å². The second-order valence-corrected chi connectivity index (χ2v) is 3.85. The van der Waals surface area contributed by atoms with Crippen LogP contribution in [0.2, 0.25) is 0 Å². The minimum absolute atomic E-state index is 1.15. The van der Waals surface area contributed by atoms with Gasteiger partial charge in [0.1, 0.15) is 0 Å². The van der Waals surface area contributed by atoms with Gasteiger partial charge in [0.15, 0.2) is 0 Å². The van der Waals surface area contributed by atoms with Gasteiger partial charge in [0.2, 0.25) is 0 Å². The monoisotopic (exact) mass is 192 g/mol. The van der Waals surface area contributed by atoms with E-state index in [4.69, 9.17) is 0 Å². The molecule has 15 heavy (non-hydrogen) atoms. The molecule has 0 aliphatic rings. The average molecular weight is 192 g/mol. The van der Waals surface area contributed by atoms with Crippen molar-refractivity contribution < 1.29 is 0 Å². The molecule has 0 spiro atoms. The van der Waals surface area contributed by atoms with Gasteiger partial charge < -0.3 is 4.40 Å². The minimum Gasteiger partial charge on any atom is -0.306 e. The first kappa shape index (κ1) is 7.23. The Morgan fingerprint density at radius 2 is 1.27 bits per heavy atom. The molecule has 0 fully saturated rings. The van der Waals surface area contributed by atoms with Gasteiger partial charge in [-0.05, 0) is 22.9 Å². The highest BCUT2D eigenvalue weighted by molar-refractivity contribution is 6.01. The number of rotatable bonds is 0. The fraction of sp³-hybridized carbons (Fsp3) is 0. The lowest BCUT2D eigenvalue weighted by atomic mass is 10.2. The quantitative estimate of drug-likeness (QED) is 0.418. The molecule has 4 aromatic rings. The summed E-state index contributed by atoms with van der Waals surface area (Å²) >= 11 is 0. The summed E-state index contributed by atoms with van der Waals surface area (Å²) in [6.07, 6.45) is 3.80. The molecule has 0 atom stereocenters. The number of hydrogen-bond acceptors (Lipinski definition) is 1. The number of aromatic nitrogens is 2. The van der Waals surface area contributed by atoms with Crippen LogP contribution in [-0.2, 0) is 0 Å². The molecule has 2 heteroatoms. The molecule has 0 N–H and O–H groups in total. The van der Waals surface area contributed by atoms with Gasteiger partial charge in [-0.3, -0.25) is 4.98 Å². The van der Waals surface area contributed by atoms with Crippen molar-refractivity contribution in [3.63, 3.8) is 0 Å². The van der Waals surface area contributed by atoms with Crippen LogP contribution in [0.25, 0.3) is 27.3 Å². The fourth-order valence-electron chi connectivity index (χ4n) is 2.33. The molecule has 3 aromatic heterocycles. The lowest BCUT2D eigenvalue weighted by Gasteiger charge is -2.08. The zero-order valence-electron chi connectivity index (χ0n) is 8.01. The SMILES string of the molecule is c1cc2ccc3cncc4ccc1c2n43. The van der Waals surface area contributed by atoms with Crippen molar-refractivity contribution in [2.24, 2.45) is 0 Å². The van der Waals surface area contributed by atoms with Crippen LogP contribution < -0.4 is 0 Å². The van der Waals surface area contributed by atoms with Crippen molar-refractivity contribution >= 4 is 27.3 Å². The predicted octanol–water partition coefficient (Wildman–Crippen LogP) is 3.08. The van der Waals surface area contributed by atoms with E-state index in [1.807, 2.05) is 12.4 Å². The van der Waals surface area contributed by atoms with Crippen LogP contribution in [0, 0.1) is 0 Å². The lowest BCUT2D eigenvalue weighted by Crippen LogP contribution is -1.93. The van der Waals surface area contributed by atoms with Gasteiger partial charge in [-0.25, -0.2) is 0 Å². The Morgan fingerprint density at radius 3 is 1.87 bits per heavy atom. The van der Waals surface area contributed by atoms with Gasteiger partial charge in [0.05, 0.1) is 28.9 Å². The van der Waals surface area contributed by atoms with Gasteiger partial charge in [-0.1, -0.05) is 24.3 Å². The summed E-state index contributed by atoms with van der Waals surface area (Å²) in [6, 6.07) is 12.9. The molecule has 0 radical (unpaired) electrons. The second-order valence-electron chi connectivity index (χ2n) is 3.85. The van der Waals surface area contributed by atoms with Crippen LogP contribution in [-0.4, -0.2) is 9.38 Å². The van der Waals surface area contributed by atoms with Crippen molar-refractivity contribution in [2.75, 3.05) is 0 Å². The van der Waals surface area contributed by atoms with Gasteiger partial charge in [0.25, 0.3) is 0 Å². The first-order valence-corrected chi connectivity index (χ1v) is 5.00. The van der Waals surface area contributed by atoms with Crippen molar-refractivity contribution in [2.45, 2.75) is 0 Å². The van der Waals surface area contributed by atoms with E-state index in [-0.39, 0.29) is 0 Å². The molecular formula is C13H8N2. The van der Waals surface area contributed by atoms with E-state index < -0.39 is 0 Å². The van der Waals surface area contributed by atoms with E-state index in [0.29, 0.717) is 0 Å². The van der Waals surface area contributed by atoms with Crippen LogP contribution in [0.4, 0.5) is 0 Å². The Hall–Kier alpha value is -2.09. The third-order valence-corrected chi connectivity index (χ3v) is 3.01. The molecular weight excluding hydrogens is 184 g/mol. The number of hydrogen-bond donors (Lipinski definition) is 0. The zero-order chi connectivity index (χ0) is 9.83. The normalized spacial score (nSPS) is 12.0. The van der Waals surface area contributed by atoms with Crippen molar-refractivity contribution in [3.05, 3.63) is 48.8 Å². The third kappa shape index (κ3) is 0.773. The standard InChI is InChI=1S/C13H8N2/c1-2-10-4-6-12-8-14-7-11-5-3-9(1)13(10)15(11)12/h1-8H. The minimum atomic E-state index is 1.15. The topological polar surface area (TPSA) is 17.3 Å². The Balaban J connectivity index is 2.54. The van der Waals surface area contributed by atoms with Crippen LogP contribution in [0.3, 0.4) is 0 Å². The van der Waals surface area contributed by atoms with Gasteiger partial charge in [-0.2, -0.15) is 0 Å². The summed E-state index contributed by atoms with van der Waals surface area (Å²) in [5, 5.41) is 2.58. The predicted molar refractivity (Wildman–Crippen MR) is 61.4 cm³/mol. The summed E-state index contributed by atoms with van der Waals surface area (Å²) in [5.41, 5.74) is 3.60. The first-order valence-electron chi connectivity index (χ1n) is 5.00. The first-order chi connectivity index (χ1) is 7.43. The third-order valence-electron chi connectivity index (χ3n) is 3.01. The van der Waals surface area contributed by atoms with Gasteiger partial charge in [-0.15, -0.1) is 0 Å². The molecule has 70 valence electrons. The maximum Gasteiger partial charge on any atom is 0.0645 e. The second kappa shape index (κ2) is 2.28. The highest BCUT2D eigenvalue weighted by atomic mass is 14.9. The molecule has 4 rings (SSSR count).